The van der Waals surface area contributed by atoms with Crippen LogP contribution in [0.3, 0.4) is 0 Å². The molecule has 7 aromatic rings. The van der Waals surface area contributed by atoms with Gasteiger partial charge in [0, 0.05) is 0 Å². The fraction of sp³-hybridized carbons (Fsp3) is 0.0286. The molecule has 0 unspecified atom stereocenters. The van der Waals surface area contributed by atoms with Crippen molar-refractivity contribution < 1.29 is 17.0 Å². The van der Waals surface area contributed by atoms with Crippen molar-refractivity contribution in [1.29, 1.82) is 0 Å². The zero-order valence-corrected chi connectivity index (χ0v) is 23.3. The van der Waals surface area contributed by atoms with Crippen LogP contribution in [0.1, 0.15) is 11.1 Å². The summed E-state index contributed by atoms with van der Waals surface area (Å²) in [7, 11) is 0. The molecule has 0 atom stereocenters. The molecule has 8 rings (SSSR count). The normalized spacial score (nSPS) is 11.8. The van der Waals surface area contributed by atoms with E-state index in [1.54, 1.807) is 0 Å². The van der Waals surface area contributed by atoms with Gasteiger partial charge in [-0.05, 0) is 114 Å². The van der Waals surface area contributed by atoms with E-state index < -0.39 is 0 Å². The van der Waals surface area contributed by atoms with Gasteiger partial charge in [-0.15, -0.1) is 11.1 Å². The van der Waals surface area contributed by atoms with Crippen LogP contribution >= 0.6 is 0 Å². The second-order valence-electron chi connectivity index (χ2n) is 9.79. The molecule has 0 nitrogen and oxygen atoms in total. The molecule has 1 aliphatic carbocycles. The van der Waals surface area contributed by atoms with Crippen LogP contribution in [-0.2, 0) is 6.42 Å². The molecule has 0 aliphatic heterocycles. The molecule has 0 radical (unpaired) electrons. The van der Waals surface area contributed by atoms with E-state index in [1.807, 2.05) is 6.07 Å². The van der Waals surface area contributed by atoms with Crippen LogP contribution in [0.2, 0.25) is 0 Å². The summed E-state index contributed by atoms with van der Waals surface area (Å²) < 4.78 is 0. The van der Waals surface area contributed by atoms with Crippen molar-refractivity contribution in [1.82, 2.24) is 0 Å². The van der Waals surface area contributed by atoms with Gasteiger partial charge in [-0.3, -0.25) is 0 Å². The molecule has 0 N–H and O–H groups in total. The van der Waals surface area contributed by atoms with Crippen LogP contribution in [0.25, 0.3) is 65.3 Å². The summed E-state index contributed by atoms with van der Waals surface area (Å²) in [6.45, 7) is 0. The van der Waals surface area contributed by atoms with Gasteiger partial charge in [-0.1, -0.05) is 54.6 Å². The first-order valence-electron chi connectivity index (χ1n) is 12.2. The van der Waals surface area contributed by atoms with Gasteiger partial charge >= 0.3 is 23.1 Å². The van der Waals surface area contributed by atoms with Gasteiger partial charge in [0.2, 0.25) is 0 Å². The first kappa shape index (κ1) is 24.2. The Morgan fingerprint density at radius 2 is 0.973 bits per heavy atom. The van der Waals surface area contributed by atoms with Crippen molar-refractivity contribution in [3.63, 3.8) is 0 Å². The first-order chi connectivity index (χ1) is 17.3. The van der Waals surface area contributed by atoms with Crippen molar-refractivity contribution >= 4 is 66.1 Å². The van der Waals surface area contributed by atoms with Crippen molar-refractivity contribution in [2.45, 2.75) is 6.42 Å². The van der Waals surface area contributed by atoms with Crippen LogP contribution in [-0.4, -0.2) is 23.1 Å². The molecule has 0 bridgehead atoms. The molecule has 37 heavy (non-hydrogen) atoms. The average Bonchev–Trinajstić information content (AvgIpc) is 3.27. The smallest absolute Gasteiger partial charge is 1.00 e. The molecule has 0 amide bonds. The van der Waals surface area contributed by atoms with E-state index in [-0.39, 0.29) is 40.0 Å². The Bertz CT molecular complexity index is 1990. The maximum absolute atomic E-state index is 3.23. The Morgan fingerprint density at radius 1 is 0.459 bits per heavy atom. The van der Waals surface area contributed by atoms with E-state index in [1.165, 1.54) is 76.5 Å². The van der Waals surface area contributed by atoms with Gasteiger partial charge < -0.3 is 17.0 Å². The standard InChI is InChI=1S/C35H21.BrH.Mg/c1-2-6-23-14-30-21-32-19-28-15-24(9-10-26(28)16-31(32)20-29(30)13-22(23)5-1)25-11-12-35-33(17-25)18-27-7-3-4-8-34(27)35;;/h1-2,4-17,19-21H,18H2;1H;/q-1;;+2/p-1. The Kier molecular flexibility index (Phi) is 6.07. The number of hydrogen-bond donors (Lipinski definition) is 0. The number of halogens is 1. The summed E-state index contributed by atoms with van der Waals surface area (Å²) in [5, 5.41) is 10.3. The summed E-state index contributed by atoms with van der Waals surface area (Å²) in [5.41, 5.74) is 8.07. The molecule has 0 spiro atoms. The molecule has 0 aromatic heterocycles. The SMILES string of the molecule is [Br-].[Mg+2].[c-]1ccc2c(c1)Cc1cc(-c3ccc4cc5cc6cc7ccccc7cc6cc5cc4c3)ccc1-2. The second kappa shape index (κ2) is 9.29. The van der Waals surface area contributed by atoms with Crippen LogP contribution in [0.5, 0.6) is 0 Å². The maximum Gasteiger partial charge on any atom is 2.00 e. The topological polar surface area (TPSA) is 0 Å². The van der Waals surface area contributed by atoms with E-state index in [4.69, 9.17) is 0 Å². The fourth-order valence-electron chi connectivity index (χ4n) is 5.88. The van der Waals surface area contributed by atoms with Crippen LogP contribution in [0, 0.1) is 6.07 Å². The average molecular weight is 546 g/mol. The number of fused-ring (bicyclic) bond motifs is 7. The minimum Gasteiger partial charge on any atom is -1.00 e. The molecule has 0 fully saturated rings. The Morgan fingerprint density at radius 3 is 1.65 bits per heavy atom. The predicted octanol–water partition coefficient (Wildman–Crippen LogP) is 5.96. The third kappa shape index (κ3) is 3.95. The van der Waals surface area contributed by atoms with Crippen molar-refractivity contribution in [2.75, 3.05) is 0 Å². The quantitative estimate of drug-likeness (QED) is 0.136. The number of rotatable bonds is 1. The molecular formula is C35H21BrMg. The molecule has 7 aromatic carbocycles. The zero-order chi connectivity index (χ0) is 22.9. The second-order valence-corrected chi connectivity index (χ2v) is 9.79. The Labute approximate surface area is 242 Å². The van der Waals surface area contributed by atoms with Crippen molar-refractivity contribution in [3.05, 3.63) is 132 Å². The fourth-order valence-corrected chi connectivity index (χ4v) is 5.88. The minimum absolute atomic E-state index is 0. The molecule has 0 saturated carbocycles. The van der Waals surface area contributed by atoms with Gasteiger partial charge in [0.15, 0.2) is 0 Å². The number of hydrogen-bond acceptors (Lipinski definition) is 0. The zero-order valence-electron chi connectivity index (χ0n) is 20.3. The van der Waals surface area contributed by atoms with Crippen LogP contribution < -0.4 is 17.0 Å². The van der Waals surface area contributed by atoms with Gasteiger partial charge in [0.1, 0.15) is 0 Å². The van der Waals surface area contributed by atoms with E-state index in [0.717, 1.165) is 6.42 Å². The molecular weight excluding hydrogens is 525 g/mol. The summed E-state index contributed by atoms with van der Waals surface area (Å²) >= 11 is 0. The van der Waals surface area contributed by atoms with Gasteiger partial charge in [0.25, 0.3) is 0 Å². The van der Waals surface area contributed by atoms with E-state index in [0.29, 0.717) is 0 Å². The minimum atomic E-state index is 0. The van der Waals surface area contributed by atoms with Gasteiger partial charge in [-0.2, -0.15) is 24.3 Å². The first-order valence-corrected chi connectivity index (χ1v) is 12.2. The molecule has 0 heterocycles. The molecule has 0 saturated heterocycles. The third-order valence-corrected chi connectivity index (χ3v) is 7.67. The summed E-state index contributed by atoms with van der Waals surface area (Å²) in [5.74, 6) is 0. The van der Waals surface area contributed by atoms with Crippen LogP contribution in [0.15, 0.2) is 115 Å². The predicted molar refractivity (Wildman–Crippen MR) is 155 cm³/mol. The van der Waals surface area contributed by atoms with Crippen LogP contribution in [0.4, 0.5) is 0 Å². The molecule has 2 heteroatoms. The van der Waals surface area contributed by atoms with Gasteiger partial charge in [-0.25, -0.2) is 0 Å². The number of benzene rings is 7. The summed E-state index contributed by atoms with van der Waals surface area (Å²) in [6.07, 6.45) is 0.996. The molecule has 170 valence electrons. The maximum atomic E-state index is 3.23. The Balaban J connectivity index is 0.00000126. The van der Waals surface area contributed by atoms with Crippen molar-refractivity contribution in [2.24, 2.45) is 0 Å². The third-order valence-electron chi connectivity index (χ3n) is 7.67. The van der Waals surface area contributed by atoms with E-state index in [9.17, 15) is 0 Å². The van der Waals surface area contributed by atoms with Crippen molar-refractivity contribution in [3.8, 4) is 22.3 Å². The molecule has 1 aliphatic rings. The Hall–Kier alpha value is -3.17. The van der Waals surface area contributed by atoms with E-state index >= 15 is 0 Å². The summed E-state index contributed by atoms with van der Waals surface area (Å²) in [4.78, 5) is 0. The monoisotopic (exact) mass is 544 g/mol. The van der Waals surface area contributed by atoms with E-state index in [2.05, 4.69) is 115 Å². The largest absolute Gasteiger partial charge is 2.00 e. The summed E-state index contributed by atoms with van der Waals surface area (Å²) in [6, 6.07) is 45.9. The van der Waals surface area contributed by atoms with Gasteiger partial charge in [0.05, 0.1) is 0 Å².